The normalized spacial score (nSPS) is 18.0. The van der Waals surface area contributed by atoms with Crippen LogP contribution in [0.25, 0.3) is 0 Å². The van der Waals surface area contributed by atoms with Gasteiger partial charge in [0.1, 0.15) is 0 Å². The molecular formula is C12H25NO2. The maximum atomic E-state index is 5.43. The van der Waals surface area contributed by atoms with Crippen LogP contribution in [0.5, 0.6) is 0 Å². The molecule has 0 saturated heterocycles. The molecule has 0 aliphatic heterocycles. The highest BCUT2D eigenvalue weighted by atomic mass is 16.5. The Balaban J connectivity index is 1.92. The van der Waals surface area contributed by atoms with Crippen molar-refractivity contribution in [1.29, 1.82) is 0 Å². The fraction of sp³-hybridized carbons (Fsp3) is 1.00. The highest BCUT2D eigenvalue weighted by Gasteiger charge is 2.30. The molecule has 0 aromatic rings. The second kappa shape index (κ2) is 8.08. The number of rotatable bonds is 10. The van der Waals surface area contributed by atoms with Crippen molar-refractivity contribution in [1.82, 2.24) is 5.32 Å². The summed E-state index contributed by atoms with van der Waals surface area (Å²) in [6, 6.07) is 0.571. The van der Waals surface area contributed by atoms with Crippen LogP contribution >= 0.6 is 0 Å². The highest BCUT2D eigenvalue weighted by Crippen LogP contribution is 2.32. The van der Waals surface area contributed by atoms with Gasteiger partial charge in [-0.1, -0.05) is 6.92 Å². The van der Waals surface area contributed by atoms with E-state index in [2.05, 4.69) is 12.2 Å². The van der Waals surface area contributed by atoms with E-state index in [9.17, 15) is 0 Å². The third-order valence-corrected chi connectivity index (χ3v) is 2.76. The van der Waals surface area contributed by atoms with Gasteiger partial charge in [0.15, 0.2) is 0 Å². The van der Waals surface area contributed by atoms with Crippen LogP contribution in [0.1, 0.15) is 32.6 Å². The van der Waals surface area contributed by atoms with Gasteiger partial charge in [0.25, 0.3) is 0 Å². The van der Waals surface area contributed by atoms with Gasteiger partial charge >= 0.3 is 0 Å². The van der Waals surface area contributed by atoms with Crippen LogP contribution in [-0.4, -0.2) is 39.5 Å². The van der Waals surface area contributed by atoms with E-state index in [1.807, 2.05) is 0 Å². The van der Waals surface area contributed by atoms with E-state index >= 15 is 0 Å². The predicted octanol–water partition coefficient (Wildman–Crippen LogP) is 1.82. The Hall–Kier alpha value is -0.120. The Morgan fingerprint density at radius 3 is 2.73 bits per heavy atom. The molecule has 0 aromatic carbocycles. The molecule has 3 nitrogen and oxygen atoms in total. The number of methoxy groups -OCH3 is 1. The molecule has 90 valence electrons. The SMILES string of the molecule is CCCOCCCNC(COC)C1CC1. The van der Waals surface area contributed by atoms with Crippen molar-refractivity contribution in [3.8, 4) is 0 Å². The van der Waals surface area contributed by atoms with Crippen LogP contribution in [-0.2, 0) is 9.47 Å². The predicted molar refractivity (Wildman–Crippen MR) is 62.1 cm³/mol. The smallest absolute Gasteiger partial charge is 0.0618 e. The molecule has 1 aliphatic carbocycles. The van der Waals surface area contributed by atoms with E-state index in [1.165, 1.54) is 12.8 Å². The summed E-state index contributed by atoms with van der Waals surface area (Å²) in [5, 5.41) is 3.55. The Morgan fingerprint density at radius 1 is 1.33 bits per heavy atom. The minimum atomic E-state index is 0.571. The first-order valence-corrected chi connectivity index (χ1v) is 6.18. The molecule has 1 N–H and O–H groups in total. The van der Waals surface area contributed by atoms with Gasteiger partial charge in [0.2, 0.25) is 0 Å². The summed E-state index contributed by atoms with van der Waals surface area (Å²) in [7, 11) is 1.78. The largest absolute Gasteiger partial charge is 0.383 e. The monoisotopic (exact) mass is 215 g/mol. The first-order chi connectivity index (χ1) is 7.38. The maximum Gasteiger partial charge on any atom is 0.0618 e. The zero-order valence-electron chi connectivity index (χ0n) is 10.1. The van der Waals surface area contributed by atoms with Gasteiger partial charge in [0.05, 0.1) is 6.61 Å². The molecule has 3 heteroatoms. The lowest BCUT2D eigenvalue weighted by atomic mass is 10.2. The lowest BCUT2D eigenvalue weighted by Gasteiger charge is -2.17. The number of ether oxygens (including phenoxy) is 2. The van der Waals surface area contributed by atoms with Crippen LogP contribution in [0.2, 0.25) is 0 Å². The van der Waals surface area contributed by atoms with E-state index in [1.54, 1.807) is 7.11 Å². The van der Waals surface area contributed by atoms with Gasteiger partial charge < -0.3 is 14.8 Å². The molecule has 1 unspecified atom stereocenters. The summed E-state index contributed by atoms with van der Waals surface area (Å²) in [5.41, 5.74) is 0. The lowest BCUT2D eigenvalue weighted by molar-refractivity contribution is 0.126. The highest BCUT2D eigenvalue weighted by molar-refractivity contribution is 4.86. The molecule has 0 amide bonds. The molecule has 15 heavy (non-hydrogen) atoms. The van der Waals surface area contributed by atoms with Gasteiger partial charge in [-0.15, -0.1) is 0 Å². The summed E-state index contributed by atoms with van der Waals surface area (Å²) in [6.45, 7) is 5.81. The number of hydrogen-bond donors (Lipinski definition) is 1. The molecule has 0 aromatic heterocycles. The van der Waals surface area contributed by atoms with Crippen molar-refractivity contribution >= 4 is 0 Å². The van der Waals surface area contributed by atoms with Crippen molar-refractivity contribution in [3.63, 3.8) is 0 Å². The van der Waals surface area contributed by atoms with Gasteiger partial charge in [-0.05, 0) is 38.1 Å². The first kappa shape index (κ1) is 12.9. The summed E-state index contributed by atoms with van der Waals surface area (Å²) in [6.07, 6.45) is 4.95. The van der Waals surface area contributed by atoms with Crippen LogP contribution in [0.15, 0.2) is 0 Å². The van der Waals surface area contributed by atoms with Crippen LogP contribution in [0, 0.1) is 5.92 Å². The fourth-order valence-electron chi connectivity index (χ4n) is 1.75. The summed E-state index contributed by atoms with van der Waals surface area (Å²) in [4.78, 5) is 0. The molecule has 1 aliphatic rings. The lowest BCUT2D eigenvalue weighted by Crippen LogP contribution is -2.36. The van der Waals surface area contributed by atoms with Gasteiger partial charge in [-0.2, -0.15) is 0 Å². The van der Waals surface area contributed by atoms with Gasteiger partial charge in [-0.25, -0.2) is 0 Å². The van der Waals surface area contributed by atoms with E-state index in [0.717, 1.165) is 45.1 Å². The van der Waals surface area contributed by atoms with Crippen molar-refractivity contribution in [2.45, 2.75) is 38.6 Å². The molecule has 0 heterocycles. The molecular weight excluding hydrogens is 190 g/mol. The zero-order chi connectivity index (χ0) is 10.9. The van der Waals surface area contributed by atoms with Crippen LogP contribution in [0.4, 0.5) is 0 Å². The zero-order valence-corrected chi connectivity index (χ0v) is 10.1. The number of hydrogen-bond acceptors (Lipinski definition) is 3. The standard InChI is InChI=1S/C12H25NO2/c1-3-8-15-9-4-7-13-12(10-14-2)11-5-6-11/h11-13H,3-10H2,1-2H3. The topological polar surface area (TPSA) is 30.5 Å². The van der Waals surface area contributed by atoms with E-state index in [4.69, 9.17) is 9.47 Å². The maximum absolute atomic E-state index is 5.43. The molecule has 0 bridgehead atoms. The fourth-order valence-corrected chi connectivity index (χ4v) is 1.75. The summed E-state index contributed by atoms with van der Waals surface area (Å²) < 4.78 is 10.6. The minimum absolute atomic E-state index is 0.571. The summed E-state index contributed by atoms with van der Waals surface area (Å²) in [5.74, 6) is 0.863. The van der Waals surface area contributed by atoms with Crippen LogP contribution < -0.4 is 5.32 Å². The molecule has 1 saturated carbocycles. The van der Waals surface area contributed by atoms with Gasteiger partial charge in [-0.3, -0.25) is 0 Å². The van der Waals surface area contributed by atoms with E-state index in [0.29, 0.717) is 6.04 Å². The second-order valence-corrected chi connectivity index (χ2v) is 4.32. The Kier molecular flexibility index (Phi) is 6.98. The van der Waals surface area contributed by atoms with E-state index in [-0.39, 0.29) is 0 Å². The van der Waals surface area contributed by atoms with Crippen LogP contribution in [0.3, 0.4) is 0 Å². The molecule has 0 radical (unpaired) electrons. The van der Waals surface area contributed by atoms with Gasteiger partial charge in [0, 0.05) is 26.4 Å². The Morgan fingerprint density at radius 2 is 2.13 bits per heavy atom. The molecule has 0 spiro atoms. The third kappa shape index (κ3) is 6.13. The Bertz CT molecular complexity index is 149. The van der Waals surface area contributed by atoms with Crippen molar-refractivity contribution in [2.75, 3.05) is 33.5 Å². The summed E-state index contributed by atoms with van der Waals surface area (Å²) >= 11 is 0. The van der Waals surface area contributed by atoms with E-state index < -0.39 is 0 Å². The second-order valence-electron chi connectivity index (χ2n) is 4.32. The quantitative estimate of drug-likeness (QED) is 0.564. The average molecular weight is 215 g/mol. The molecule has 1 atom stereocenters. The van der Waals surface area contributed by atoms with Crippen molar-refractivity contribution < 1.29 is 9.47 Å². The average Bonchev–Trinajstić information content (AvgIpc) is 3.05. The van der Waals surface area contributed by atoms with Crippen molar-refractivity contribution in [3.05, 3.63) is 0 Å². The molecule has 1 fully saturated rings. The third-order valence-electron chi connectivity index (χ3n) is 2.76. The first-order valence-electron chi connectivity index (χ1n) is 6.18. The Labute approximate surface area is 93.5 Å². The number of nitrogens with one attached hydrogen (secondary N) is 1. The molecule has 1 rings (SSSR count). The van der Waals surface area contributed by atoms with Crippen molar-refractivity contribution in [2.24, 2.45) is 5.92 Å². The minimum Gasteiger partial charge on any atom is -0.383 e.